The predicted octanol–water partition coefficient (Wildman–Crippen LogP) is 4.03. The van der Waals surface area contributed by atoms with Crippen molar-refractivity contribution in [1.82, 2.24) is 14.6 Å². The second-order valence-corrected chi connectivity index (χ2v) is 9.89. The number of rotatable bonds is 6. The second kappa shape index (κ2) is 9.92. The number of nitrogen functional groups attached to an aromatic ring is 1. The minimum atomic E-state index is -0.761. The molecule has 0 saturated carbocycles. The van der Waals surface area contributed by atoms with Gasteiger partial charge in [0, 0.05) is 25.1 Å². The molecule has 0 bridgehead atoms. The number of piperidine rings is 1. The molecule has 3 heterocycles. The average molecular weight is 497 g/mol. The summed E-state index contributed by atoms with van der Waals surface area (Å²) < 4.78 is 12.7. The molecule has 0 aliphatic carbocycles. The fourth-order valence-corrected chi connectivity index (χ4v) is 4.49. The van der Waals surface area contributed by atoms with E-state index in [0.717, 1.165) is 42.9 Å². The number of aromatic nitrogens is 3. The van der Waals surface area contributed by atoms with Gasteiger partial charge in [-0.25, -0.2) is 14.3 Å². The molecule has 1 aliphatic rings. The molecule has 0 unspecified atom stereocenters. The number of anilines is 3. The van der Waals surface area contributed by atoms with Gasteiger partial charge in [0.2, 0.25) is 0 Å². The molecule has 36 heavy (non-hydrogen) atoms. The summed E-state index contributed by atoms with van der Waals surface area (Å²) in [6.07, 6.45) is 2.60. The zero-order valence-electron chi connectivity index (χ0n) is 20.9. The number of amides is 1. The van der Waals surface area contributed by atoms with E-state index in [1.807, 2.05) is 18.2 Å². The molecule has 3 aromatic rings. The number of methoxy groups -OCH3 is 1. The third-order valence-electron chi connectivity index (χ3n) is 6.11. The normalized spacial score (nSPS) is 14.6. The number of carboxylic acid groups (broad SMARTS) is 1. The topological polar surface area (TPSA) is 144 Å². The van der Waals surface area contributed by atoms with Gasteiger partial charge in [-0.3, -0.25) is 10.1 Å². The van der Waals surface area contributed by atoms with Gasteiger partial charge in [0.25, 0.3) is 0 Å². The molecule has 1 saturated heterocycles. The number of nitrogens with two attached hydrogens (primary N) is 1. The van der Waals surface area contributed by atoms with E-state index in [9.17, 15) is 9.59 Å². The lowest BCUT2D eigenvalue weighted by Gasteiger charge is -2.32. The predicted molar refractivity (Wildman–Crippen MR) is 136 cm³/mol. The van der Waals surface area contributed by atoms with Crippen molar-refractivity contribution in [2.24, 2.45) is 5.92 Å². The molecule has 4 N–H and O–H groups in total. The number of aliphatic carboxylic acids is 1. The molecule has 1 fully saturated rings. The number of ether oxygens (including phenoxy) is 2. The molecule has 1 amide bonds. The largest absolute Gasteiger partial charge is 0.495 e. The van der Waals surface area contributed by atoms with E-state index in [0.29, 0.717) is 22.8 Å². The van der Waals surface area contributed by atoms with Crippen molar-refractivity contribution in [3.63, 3.8) is 0 Å². The minimum Gasteiger partial charge on any atom is -0.495 e. The van der Waals surface area contributed by atoms with Crippen LogP contribution < -0.4 is 20.7 Å². The number of carbonyl (C=O) groups excluding carboxylic acids is 1. The average Bonchev–Trinajstić information content (AvgIpc) is 3.19. The molecule has 1 aliphatic heterocycles. The van der Waals surface area contributed by atoms with Crippen molar-refractivity contribution in [2.45, 2.75) is 45.6 Å². The summed E-state index contributed by atoms with van der Waals surface area (Å²) in [5.74, 6) is 1.06. The minimum absolute atomic E-state index is 0.165. The monoisotopic (exact) mass is 496 g/mol. The van der Waals surface area contributed by atoms with E-state index in [1.165, 1.54) is 13.4 Å². The molecule has 0 radical (unpaired) electrons. The molecule has 11 heteroatoms. The Morgan fingerprint density at radius 1 is 1.22 bits per heavy atom. The van der Waals surface area contributed by atoms with Gasteiger partial charge >= 0.3 is 12.1 Å². The third-order valence-corrected chi connectivity index (χ3v) is 6.11. The van der Waals surface area contributed by atoms with Crippen molar-refractivity contribution < 1.29 is 24.2 Å². The van der Waals surface area contributed by atoms with Crippen LogP contribution in [0, 0.1) is 5.92 Å². The highest BCUT2D eigenvalue weighted by atomic mass is 16.6. The Bertz CT molecular complexity index is 1270. The van der Waals surface area contributed by atoms with Gasteiger partial charge in [-0.2, -0.15) is 5.10 Å². The molecular formula is C25H32N6O5. The standard InChI is InChI=1S/C25H32N6O5/c1-25(2,3)36-24(34)29-18-6-5-16(12-19(18)35-4)17-13-20(31-22(17)23(26)27-14-28-31)30-9-7-15(8-10-30)11-21(32)33/h5-6,12-15H,7-11H2,1-4H3,(H,29,34)(H,32,33)(H2,26,27,28). The van der Waals surface area contributed by atoms with E-state index in [-0.39, 0.29) is 12.3 Å². The Morgan fingerprint density at radius 3 is 2.58 bits per heavy atom. The first-order chi connectivity index (χ1) is 17.1. The van der Waals surface area contributed by atoms with Gasteiger partial charge in [0.05, 0.1) is 12.8 Å². The molecule has 4 rings (SSSR count). The maximum absolute atomic E-state index is 12.3. The molecule has 192 valence electrons. The van der Waals surface area contributed by atoms with Gasteiger partial charge in [0.1, 0.15) is 29.0 Å². The Kier molecular flexibility index (Phi) is 6.91. The fourth-order valence-electron chi connectivity index (χ4n) is 4.49. The number of hydrogen-bond acceptors (Lipinski definition) is 8. The maximum atomic E-state index is 12.3. The number of carboxylic acids is 1. The number of benzene rings is 1. The summed E-state index contributed by atoms with van der Waals surface area (Å²) in [5, 5.41) is 16.3. The summed E-state index contributed by atoms with van der Waals surface area (Å²) in [7, 11) is 1.53. The Morgan fingerprint density at radius 2 is 1.94 bits per heavy atom. The number of fused-ring (bicyclic) bond motifs is 1. The lowest BCUT2D eigenvalue weighted by Crippen LogP contribution is -2.35. The Labute approximate surface area is 209 Å². The molecule has 0 atom stereocenters. The van der Waals surface area contributed by atoms with Gasteiger partial charge < -0.3 is 25.2 Å². The van der Waals surface area contributed by atoms with Crippen molar-refractivity contribution >= 4 is 34.9 Å². The lowest BCUT2D eigenvalue weighted by atomic mass is 9.93. The molecule has 2 aromatic heterocycles. The first kappa shape index (κ1) is 25.1. The highest BCUT2D eigenvalue weighted by molar-refractivity contribution is 5.93. The Hall–Kier alpha value is -4.02. The van der Waals surface area contributed by atoms with Crippen LogP contribution in [0.2, 0.25) is 0 Å². The van der Waals surface area contributed by atoms with Gasteiger partial charge in [-0.1, -0.05) is 6.07 Å². The highest BCUT2D eigenvalue weighted by Gasteiger charge is 2.26. The van der Waals surface area contributed by atoms with Crippen LogP contribution in [-0.2, 0) is 9.53 Å². The Balaban J connectivity index is 1.66. The van der Waals surface area contributed by atoms with Gasteiger partial charge in [-0.15, -0.1) is 0 Å². The van der Waals surface area contributed by atoms with Crippen molar-refractivity contribution in [1.29, 1.82) is 0 Å². The van der Waals surface area contributed by atoms with E-state index in [4.69, 9.17) is 20.3 Å². The summed E-state index contributed by atoms with van der Waals surface area (Å²) in [6, 6.07) is 7.43. The third kappa shape index (κ3) is 5.45. The maximum Gasteiger partial charge on any atom is 0.412 e. The van der Waals surface area contributed by atoms with Crippen LogP contribution in [0.5, 0.6) is 5.75 Å². The SMILES string of the molecule is COc1cc(-c2cc(N3CCC(CC(=O)O)CC3)n3ncnc(N)c23)ccc1NC(=O)OC(C)(C)C. The smallest absolute Gasteiger partial charge is 0.412 e. The first-order valence-corrected chi connectivity index (χ1v) is 11.8. The number of hydrogen-bond donors (Lipinski definition) is 3. The first-order valence-electron chi connectivity index (χ1n) is 11.8. The van der Waals surface area contributed by atoms with Gasteiger partial charge in [0.15, 0.2) is 5.82 Å². The second-order valence-electron chi connectivity index (χ2n) is 9.89. The van der Waals surface area contributed by atoms with Crippen LogP contribution >= 0.6 is 0 Å². The van der Waals surface area contributed by atoms with Crippen LogP contribution in [0.1, 0.15) is 40.0 Å². The van der Waals surface area contributed by atoms with Crippen LogP contribution in [0.4, 0.5) is 22.1 Å². The molecular weight excluding hydrogens is 464 g/mol. The van der Waals surface area contributed by atoms with Crippen molar-refractivity contribution in [3.8, 4) is 16.9 Å². The van der Waals surface area contributed by atoms with Crippen LogP contribution in [0.15, 0.2) is 30.6 Å². The summed E-state index contributed by atoms with van der Waals surface area (Å²) in [6.45, 7) is 6.82. The highest BCUT2D eigenvalue weighted by Crippen LogP contribution is 2.38. The van der Waals surface area contributed by atoms with Crippen molar-refractivity contribution in [2.75, 3.05) is 36.1 Å². The van der Waals surface area contributed by atoms with Crippen molar-refractivity contribution in [3.05, 3.63) is 30.6 Å². The zero-order valence-corrected chi connectivity index (χ0v) is 20.9. The van der Waals surface area contributed by atoms with Gasteiger partial charge in [-0.05, 0) is 63.3 Å². The summed E-state index contributed by atoms with van der Waals surface area (Å²) in [5.41, 5.74) is 8.42. The summed E-state index contributed by atoms with van der Waals surface area (Å²) >= 11 is 0. The van der Waals surface area contributed by atoms with Crippen LogP contribution in [0.3, 0.4) is 0 Å². The molecule has 1 aromatic carbocycles. The molecule has 0 spiro atoms. The quantitative estimate of drug-likeness (QED) is 0.461. The number of nitrogens with zero attached hydrogens (tertiary/aromatic N) is 4. The number of nitrogens with one attached hydrogen (secondary N) is 1. The van der Waals surface area contributed by atoms with E-state index in [1.54, 1.807) is 31.4 Å². The van der Waals surface area contributed by atoms with E-state index >= 15 is 0 Å². The van der Waals surface area contributed by atoms with Crippen LogP contribution in [0.25, 0.3) is 16.6 Å². The fraction of sp³-hybridized carbons (Fsp3) is 0.440. The van der Waals surface area contributed by atoms with E-state index in [2.05, 4.69) is 20.3 Å². The number of carbonyl (C=O) groups is 2. The van der Waals surface area contributed by atoms with Crippen LogP contribution in [-0.4, -0.2) is 57.6 Å². The summed E-state index contributed by atoms with van der Waals surface area (Å²) in [4.78, 5) is 29.7. The zero-order chi connectivity index (χ0) is 26.0. The lowest BCUT2D eigenvalue weighted by molar-refractivity contribution is -0.138. The van der Waals surface area contributed by atoms with E-state index < -0.39 is 17.7 Å². The molecule has 11 nitrogen and oxygen atoms in total.